The van der Waals surface area contributed by atoms with E-state index in [1.807, 2.05) is 35.7 Å². The summed E-state index contributed by atoms with van der Waals surface area (Å²) < 4.78 is 0. The second kappa shape index (κ2) is 5.23. The van der Waals surface area contributed by atoms with E-state index in [0.717, 1.165) is 21.9 Å². The summed E-state index contributed by atoms with van der Waals surface area (Å²) in [4.78, 5) is 14.7. The summed E-state index contributed by atoms with van der Waals surface area (Å²) in [6, 6.07) is 11.9. The molecule has 4 nitrogen and oxygen atoms in total. The zero-order chi connectivity index (χ0) is 14.1. The topological polar surface area (TPSA) is 50.7 Å². The highest BCUT2D eigenvalue weighted by molar-refractivity contribution is 7.16. The van der Waals surface area contributed by atoms with Crippen molar-refractivity contribution in [2.45, 2.75) is 0 Å². The van der Waals surface area contributed by atoms with Gasteiger partial charge in [-0.1, -0.05) is 18.2 Å². The van der Waals surface area contributed by atoms with Crippen molar-refractivity contribution in [2.75, 3.05) is 5.32 Å². The van der Waals surface area contributed by atoms with Gasteiger partial charge in [0.05, 0.1) is 27.8 Å². The van der Waals surface area contributed by atoms with Crippen molar-refractivity contribution >= 4 is 44.7 Å². The number of thiazole rings is 1. The smallest absolute Gasteiger partial charge is 0.188 e. The molecule has 21 heavy (non-hydrogen) atoms. The van der Waals surface area contributed by atoms with Gasteiger partial charge in [0, 0.05) is 5.38 Å². The molecule has 6 heteroatoms. The van der Waals surface area contributed by atoms with Crippen molar-refractivity contribution in [1.82, 2.24) is 15.0 Å². The van der Waals surface area contributed by atoms with Gasteiger partial charge in [-0.2, -0.15) is 0 Å². The third kappa shape index (κ3) is 2.51. The summed E-state index contributed by atoms with van der Waals surface area (Å²) in [6.45, 7) is 0. The third-order valence-corrected chi connectivity index (χ3v) is 4.61. The minimum absolute atomic E-state index is 0.709. The number of aromatic nitrogens is 3. The zero-order valence-corrected chi connectivity index (χ0v) is 12.5. The zero-order valence-electron chi connectivity index (χ0n) is 10.9. The molecular weight excluding hydrogens is 300 g/mol. The summed E-state index contributed by atoms with van der Waals surface area (Å²) in [5.74, 6) is 0.709. The predicted molar refractivity (Wildman–Crippen MR) is 88.2 cm³/mol. The number of anilines is 2. The van der Waals surface area contributed by atoms with Gasteiger partial charge in [-0.15, -0.1) is 22.7 Å². The number of hydrogen-bond donors (Lipinski definition) is 1. The Bertz CT molecular complexity index is 883. The van der Waals surface area contributed by atoms with E-state index in [9.17, 15) is 0 Å². The summed E-state index contributed by atoms with van der Waals surface area (Å²) in [5, 5.41) is 8.14. The molecule has 4 aromatic rings. The first-order valence-corrected chi connectivity index (χ1v) is 8.13. The second-order valence-electron chi connectivity index (χ2n) is 4.38. The van der Waals surface area contributed by atoms with Crippen LogP contribution in [-0.2, 0) is 0 Å². The average molecular weight is 310 g/mol. The van der Waals surface area contributed by atoms with Crippen LogP contribution in [0.3, 0.4) is 0 Å². The maximum atomic E-state index is 4.58. The fraction of sp³-hybridized carbons (Fsp3) is 0. The number of hydrogen-bond acceptors (Lipinski definition) is 6. The van der Waals surface area contributed by atoms with E-state index in [0.29, 0.717) is 5.82 Å². The van der Waals surface area contributed by atoms with Crippen LogP contribution in [0.1, 0.15) is 0 Å². The Kier molecular flexibility index (Phi) is 3.10. The molecule has 102 valence electrons. The van der Waals surface area contributed by atoms with E-state index in [1.54, 1.807) is 28.9 Å². The van der Waals surface area contributed by atoms with Crippen LogP contribution in [0.25, 0.3) is 21.6 Å². The van der Waals surface area contributed by atoms with Crippen LogP contribution >= 0.6 is 22.7 Å². The maximum absolute atomic E-state index is 4.58. The molecule has 0 amide bonds. The number of fused-ring (bicyclic) bond motifs is 1. The van der Waals surface area contributed by atoms with Crippen LogP contribution in [0.4, 0.5) is 10.9 Å². The first-order valence-electron chi connectivity index (χ1n) is 6.37. The van der Waals surface area contributed by atoms with Crippen molar-refractivity contribution in [2.24, 2.45) is 0 Å². The van der Waals surface area contributed by atoms with Crippen LogP contribution in [0.2, 0.25) is 0 Å². The minimum atomic E-state index is 0.709. The molecule has 1 N–H and O–H groups in total. The SMILES string of the molecule is c1csc(-c2csc(Nc3cnc4ccccc4n3)n2)c1. The Hall–Kier alpha value is -2.31. The molecule has 1 aromatic carbocycles. The van der Waals surface area contributed by atoms with E-state index < -0.39 is 0 Å². The van der Waals surface area contributed by atoms with Crippen molar-refractivity contribution < 1.29 is 0 Å². The standard InChI is InChI=1S/C15H10N4S2/c1-2-5-11-10(4-1)16-8-14(17-11)19-15-18-12(9-21-15)13-6-3-7-20-13/h1-9H,(H,17,18,19). The van der Waals surface area contributed by atoms with Crippen LogP contribution < -0.4 is 5.32 Å². The van der Waals surface area contributed by atoms with Gasteiger partial charge in [0.1, 0.15) is 0 Å². The number of nitrogens with zero attached hydrogens (tertiary/aromatic N) is 3. The molecule has 0 aliphatic rings. The quantitative estimate of drug-likeness (QED) is 0.603. The molecule has 0 spiro atoms. The Labute approximate surface area is 129 Å². The summed E-state index contributed by atoms with van der Waals surface area (Å²) >= 11 is 3.25. The van der Waals surface area contributed by atoms with Crippen molar-refractivity contribution in [3.05, 3.63) is 53.4 Å². The number of benzene rings is 1. The summed E-state index contributed by atoms with van der Waals surface area (Å²) in [6.07, 6.45) is 1.73. The normalized spacial score (nSPS) is 10.9. The van der Waals surface area contributed by atoms with Crippen LogP contribution in [0, 0.1) is 0 Å². The predicted octanol–water partition coefficient (Wildman–Crippen LogP) is 4.56. The Balaban J connectivity index is 1.62. The Morgan fingerprint density at radius 2 is 1.81 bits per heavy atom. The van der Waals surface area contributed by atoms with E-state index in [4.69, 9.17) is 0 Å². The van der Waals surface area contributed by atoms with Gasteiger partial charge in [-0.3, -0.25) is 4.98 Å². The van der Waals surface area contributed by atoms with Gasteiger partial charge in [-0.05, 0) is 23.6 Å². The largest absolute Gasteiger partial charge is 0.315 e. The van der Waals surface area contributed by atoms with Gasteiger partial charge in [0.15, 0.2) is 10.9 Å². The molecule has 0 fully saturated rings. The van der Waals surface area contributed by atoms with Crippen LogP contribution in [0.15, 0.2) is 53.4 Å². The lowest BCUT2D eigenvalue weighted by Gasteiger charge is -2.02. The van der Waals surface area contributed by atoms with Crippen molar-refractivity contribution in [3.63, 3.8) is 0 Å². The molecule has 0 bridgehead atoms. The van der Waals surface area contributed by atoms with Gasteiger partial charge < -0.3 is 5.32 Å². The van der Waals surface area contributed by atoms with Gasteiger partial charge >= 0.3 is 0 Å². The van der Waals surface area contributed by atoms with Crippen LogP contribution in [-0.4, -0.2) is 15.0 Å². The Morgan fingerprint density at radius 1 is 0.905 bits per heavy atom. The Morgan fingerprint density at radius 3 is 2.67 bits per heavy atom. The first-order chi connectivity index (χ1) is 10.4. The number of thiophene rings is 1. The van der Waals surface area contributed by atoms with E-state index in [-0.39, 0.29) is 0 Å². The highest BCUT2D eigenvalue weighted by Gasteiger charge is 2.06. The van der Waals surface area contributed by atoms with E-state index >= 15 is 0 Å². The summed E-state index contributed by atoms with van der Waals surface area (Å²) in [5.41, 5.74) is 2.75. The molecule has 0 saturated carbocycles. The molecule has 3 aromatic heterocycles. The molecular formula is C15H10N4S2. The molecule has 0 aliphatic heterocycles. The number of nitrogens with one attached hydrogen (secondary N) is 1. The fourth-order valence-corrected chi connectivity index (χ4v) is 3.47. The molecule has 0 atom stereocenters. The van der Waals surface area contributed by atoms with Crippen molar-refractivity contribution in [3.8, 4) is 10.6 Å². The second-order valence-corrected chi connectivity index (χ2v) is 6.19. The van der Waals surface area contributed by atoms with Crippen LogP contribution in [0.5, 0.6) is 0 Å². The lowest BCUT2D eigenvalue weighted by Crippen LogP contribution is -1.94. The summed E-state index contributed by atoms with van der Waals surface area (Å²) in [7, 11) is 0. The molecule has 4 rings (SSSR count). The average Bonchev–Trinajstić information content (AvgIpc) is 3.18. The molecule has 3 heterocycles. The fourth-order valence-electron chi connectivity index (χ4n) is 2.00. The molecule has 0 unspecified atom stereocenters. The minimum Gasteiger partial charge on any atom is -0.315 e. The first kappa shape index (κ1) is 12.4. The molecule has 0 aliphatic carbocycles. The third-order valence-electron chi connectivity index (χ3n) is 2.96. The highest BCUT2D eigenvalue weighted by atomic mass is 32.1. The monoisotopic (exact) mass is 310 g/mol. The highest BCUT2D eigenvalue weighted by Crippen LogP contribution is 2.29. The lowest BCUT2D eigenvalue weighted by atomic mass is 10.3. The van der Waals surface area contributed by atoms with E-state index in [1.165, 1.54) is 4.88 Å². The maximum Gasteiger partial charge on any atom is 0.188 e. The number of rotatable bonds is 3. The molecule has 0 saturated heterocycles. The van der Waals surface area contributed by atoms with Gasteiger partial charge in [0.25, 0.3) is 0 Å². The van der Waals surface area contributed by atoms with E-state index in [2.05, 4.69) is 31.7 Å². The number of para-hydroxylation sites is 2. The van der Waals surface area contributed by atoms with Gasteiger partial charge in [0.2, 0.25) is 0 Å². The lowest BCUT2D eigenvalue weighted by molar-refractivity contribution is 1.27. The molecule has 0 radical (unpaired) electrons. The van der Waals surface area contributed by atoms with Gasteiger partial charge in [-0.25, -0.2) is 9.97 Å². The van der Waals surface area contributed by atoms with Crippen molar-refractivity contribution in [1.29, 1.82) is 0 Å².